The summed E-state index contributed by atoms with van der Waals surface area (Å²) < 4.78 is 4.83. The third kappa shape index (κ3) is 4.88. The number of amides is 1. The summed E-state index contributed by atoms with van der Waals surface area (Å²) in [6.07, 6.45) is 4.46. The van der Waals surface area contributed by atoms with Crippen LogP contribution in [-0.4, -0.2) is 47.5 Å². The van der Waals surface area contributed by atoms with Crippen LogP contribution in [0.4, 0.5) is 0 Å². The lowest BCUT2D eigenvalue weighted by Crippen LogP contribution is -2.44. The molecule has 1 heterocycles. The molecule has 0 aromatic carbocycles. The number of carbonyl (C=O) groups is 2. The Kier molecular flexibility index (Phi) is 7.16. The molecule has 0 radical (unpaired) electrons. The quantitative estimate of drug-likeness (QED) is 0.695. The van der Waals surface area contributed by atoms with Gasteiger partial charge in [-0.15, -0.1) is 11.8 Å². The maximum Gasteiger partial charge on any atom is 0.315 e. The van der Waals surface area contributed by atoms with Crippen molar-refractivity contribution in [3.63, 3.8) is 0 Å². The summed E-state index contributed by atoms with van der Waals surface area (Å²) in [4.78, 5) is 25.2. The molecule has 1 fully saturated rings. The van der Waals surface area contributed by atoms with E-state index in [0.717, 1.165) is 25.8 Å². The van der Waals surface area contributed by atoms with Crippen molar-refractivity contribution in [1.29, 1.82) is 0 Å². The molecule has 0 saturated carbocycles. The molecule has 0 N–H and O–H groups in total. The minimum absolute atomic E-state index is 0.163. The average molecular weight is 273 g/mol. The van der Waals surface area contributed by atoms with Crippen LogP contribution in [0.2, 0.25) is 0 Å². The van der Waals surface area contributed by atoms with Crippen LogP contribution in [0, 0.1) is 0 Å². The number of hydrogen-bond acceptors (Lipinski definition) is 4. The number of likely N-dealkylation sites (tertiary alicyclic amines) is 1. The molecule has 1 rings (SSSR count). The summed E-state index contributed by atoms with van der Waals surface area (Å²) in [5.41, 5.74) is 0. The van der Waals surface area contributed by atoms with Gasteiger partial charge >= 0.3 is 5.97 Å². The number of nitrogens with zero attached hydrogens (tertiary/aromatic N) is 1. The first-order valence-electron chi connectivity index (χ1n) is 6.71. The smallest absolute Gasteiger partial charge is 0.315 e. The van der Waals surface area contributed by atoms with E-state index in [9.17, 15) is 9.59 Å². The second-order valence-electron chi connectivity index (χ2n) is 4.44. The fourth-order valence-corrected chi connectivity index (χ4v) is 2.95. The van der Waals surface area contributed by atoms with Gasteiger partial charge in [0.15, 0.2) is 0 Å². The zero-order chi connectivity index (χ0) is 13.4. The topological polar surface area (TPSA) is 46.6 Å². The second kappa shape index (κ2) is 8.40. The van der Waals surface area contributed by atoms with Gasteiger partial charge < -0.3 is 9.64 Å². The number of rotatable bonds is 6. The fraction of sp³-hybridized carbons (Fsp3) is 0.846. The summed E-state index contributed by atoms with van der Waals surface area (Å²) in [5.74, 6) is 0.580. The Bertz CT molecular complexity index is 283. The van der Waals surface area contributed by atoms with Crippen molar-refractivity contribution < 1.29 is 14.3 Å². The summed E-state index contributed by atoms with van der Waals surface area (Å²) >= 11 is 1.35. The Morgan fingerprint density at radius 1 is 1.28 bits per heavy atom. The third-order valence-corrected chi connectivity index (χ3v) is 4.06. The van der Waals surface area contributed by atoms with Crippen molar-refractivity contribution in [2.45, 2.75) is 45.6 Å². The normalized spacial score (nSPS) is 19.7. The first-order valence-corrected chi connectivity index (χ1v) is 7.87. The third-order valence-electron chi connectivity index (χ3n) is 3.17. The molecule has 1 amide bonds. The molecule has 0 aliphatic carbocycles. The van der Waals surface area contributed by atoms with E-state index in [1.165, 1.54) is 18.2 Å². The van der Waals surface area contributed by atoms with E-state index < -0.39 is 0 Å². The lowest BCUT2D eigenvalue weighted by atomic mass is 10.0. The van der Waals surface area contributed by atoms with Crippen molar-refractivity contribution in [2.24, 2.45) is 0 Å². The van der Waals surface area contributed by atoms with Crippen LogP contribution in [0.5, 0.6) is 0 Å². The van der Waals surface area contributed by atoms with Gasteiger partial charge in [-0.05, 0) is 32.6 Å². The summed E-state index contributed by atoms with van der Waals surface area (Å²) in [7, 11) is 0. The standard InChI is InChI=1S/C13H23NO3S/c1-3-11-7-5-6-8-14(11)12(15)9-18-10-13(16)17-4-2/h11H,3-10H2,1-2H3. The molecule has 104 valence electrons. The Morgan fingerprint density at radius 2 is 2.06 bits per heavy atom. The van der Waals surface area contributed by atoms with Gasteiger partial charge in [0.2, 0.25) is 5.91 Å². The van der Waals surface area contributed by atoms with Crippen LogP contribution in [0.1, 0.15) is 39.5 Å². The molecule has 0 bridgehead atoms. The lowest BCUT2D eigenvalue weighted by Gasteiger charge is -2.35. The molecule has 0 aromatic heterocycles. The molecule has 4 nitrogen and oxygen atoms in total. The number of piperidine rings is 1. The van der Waals surface area contributed by atoms with E-state index in [-0.39, 0.29) is 17.6 Å². The number of ether oxygens (including phenoxy) is 1. The predicted octanol–water partition coefficient (Wildman–Crippen LogP) is 2.07. The van der Waals surface area contributed by atoms with Crippen molar-refractivity contribution in [3.05, 3.63) is 0 Å². The van der Waals surface area contributed by atoms with Crippen LogP contribution >= 0.6 is 11.8 Å². The van der Waals surface area contributed by atoms with E-state index in [2.05, 4.69) is 6.92 Å². The van der Waals surface area contributed by atoms with Crippen LogP contribution in [0.15, 0.2) is 0 Å². The fourth-order valence-electron chi connectivity index (χ4n) is 2.26. The monoisotopic (exact) mass is 273 g/mol. The summed E-state index contributed by atoms with van der Waals surface area (Å²) in [6.45, 7) is 5.18. The summed E-state index contributed by atoms with van der Waals surface area (Å²) in [6, 6.07) is 0.398. The van der Waals surface area contributed by atoms with Crippen LogP contribution < -0.4 is 0 Å². The zero-order valence-electron chi connectivity index (χ0n) is 11.3. The second-order valence-corrected chi connectivity index (χ2v) is 5.43. The van der Waals surface area contributed by atoms with E-state index >= 15 is 0 Å². The van der Waals surface area contributed by atoms with Crippen molar-refractivity contribution in [2.75, 3.05) is 24.7 Å². The SMILES string of the molecule is CCOC(=O)CSCC(=O)N1CCCCC1CC. The van der Waals surface area contributed by atoms with Crippen molar-refractivity contribution in [1.82, 2.24) is 4.90 Å². The molecule has 1 atom stereocenters. The van der Waals surface area contributed by atoms with Gasteiger partial charge in [0.05, 0.1) is 18.1 Å². The van der Waals surface area contributed by atoms with Gasteiger partial charge in [-0.25, -0.2) is 0 Å². The van der Waals surface area contributed by atoms with E-state index in [1.54, 1.807) is 6.92 Å². The maximum atomic E-state index is 12.1. The van der Waals surface area contributed by atoms with Crippen LogP contribution in [0.25, 0.3) is 0 Å². The Hall–Kier alpha value is -0.710. The van der Waals surface area contributed by atoms with E-state index in [4.69, 9.17) is 4.74 Å². The maximum absolute atomic E-state index is 12.1. The van der Waals surface area contributed by atoms with Crippen molar-refractivity contribution in [3.8, 4) is 0 Å². The average Bonchev–Trinajstić information content (AvgIpc) is 2.38. The Morgan fingerprint density at radius 3 is 2.72 bits per heavy atom. The molecular formula is C13H23NO3S. The Balaban J connectivity index is 2.28. The molecular weight excluding hydrogens is 250 g/mol. The molecule has 5 heteroatoms. The Labute approximate surface area is 113 Å². The first kappa shape index (κ1) is 15.3. The number of carbonyl (C=O) groups excluding carboxylic acids is 2. The highest BCUT2D eigenvalue weighted by atomic mass is 32.2. The molecule has 1 unspecified atom stereocenters. The lowest BCUT2D eigenvalue weighted by molar-refractivity contribution is -0.139. The molecule has 0 spiro atoms. The molecule has 0 aromatic rings. The van der Waals surface area contributed by atoms with Crippen LogP contribution in [0.3, 0.4) is 0 Å². The zero-order valence-corrected chi connectivity index (χ0v) is 12.1. The summed E-state index contributed by atoms with van der Waals surface area (Å²) in [5, 5.41) is 0. The molecule has 1 aliphatic rings. The largest absolute Gasteiger partial charge is 0.465 e. The number of thioether (sulfide) groups is 1. The van der Waals surface area contributed by atoms with Gasteiger partial charge in [-0.2, -0.15) is 0 Å². The van der Waals surface area contributed by atoms with Crippen LogP contribution in [-0.2, 0) is 14.3 Å². The highest BCUT2D eigenvalue weighted by Crippen LogP contribution is 2.20. The highest BCUT2D eigenvalue weighted by molar-refractivity contribution is 8.00. The van der Waals surface area contributed by atoms with Gasteiger partial charge in [-0.1, -0.05) is 6.92 Å². The number of esters is 1. The molecule has 1 aliphatic heterocycles. The van der Waals surface area contributed by atoms with Gasteiger partial charge in [0.1, 0.15) is 0 Å². The minimum atomic E-state index is -0.235. The van der Waals surface area contributed by atoms with Gasteiger partial charge in [0, 0.05) is 12.6 Å². The van der Waals surface area contributed by atoms with Crippen molar-refractivity contribution >= 4 is 23.6 Å². The van der Waals surface area contributed by atoms with E-state index in [1.807, 2.05) is 4.90 Å². The van der Waals surface area contributed by atoms with Gasteiger partial charge in [0.25, 0.3) is 0 Å². The van der Waals surface area contributed by atoms with E-state index in [0.29, 0.717) is 18.4 Å². The predicted molar refractivity (Wildman–Crippen MR) is 73.6 cm³/mol. The molecule has 18 heavy (non-hydrogen) atoms. The van der Waals surface area contributed by atoms with Gasteiger partial charge in [-0.3, -0.25) is 9.59 Å². The first-order chi connectivity index (χ1) is 8.69. The number of hydrogen-bond donors (Lipinski definition) is 0. The molecule has 1 saturated heterocycles. The minimum Gasteiger partial charge on any atom is -0.465 e. The highest BCUT2D eigenvalue weighted by Gasteiger charge is 2.24.